The van der Waals surface area contributed by atoms with Crippen molar-refractivity contribution in [3.63, 3.8) is 0 Å². The van der Waals surface area contributed by atoms with Crippen LogP contribution in [0.25, 0.3) is 0 Å². The number of aromatic nitrogens is 1. The Labute approximate surface area is 121 Å². The molecule has 0 amide bonds. The topological polar surface area (TPSA) is 42.1 Å². The average molecular weight is 269 g/mol. The maximum atomic E-state index is 5.88. The summed E-state index contributed by atoms with van der Waals surface area (Å²) in [4.78, 5) is 6.77. The highest BCUT2D eigenvalue weighted by molar-refractivity contribution is 5.55. The van der Waals surface area contributed by atoms with E-state index >= 15 is 0 Å². The SMILES string of the molecule is Cc1cc(N(C)CCc2ccccc2)c(CN)c(C)n1. The summed E-state index contributed by atoms with van der Waals surface area (Å²) in [6.45, 7) is 5.57. The van der Waals surface area contributed by atoms with Crippen molar-refractivity contribution in [1.29, 1.82) is 0 Å². The van der Waals surface area contributed by atoms with Gasteiger partial charge in [0.2, 0.25) is 0 Å². The molecule has 0 aliphatic heterocycles. The zero-order valence-electron chi connectivity index (χ0n) is 12.6. The fraction of sp³-hybridized carbons (Fsp3) is 0.353. The van der Waals surface area contributed by atoms with Gasteiger partial charge in [0.1, 0.15) is 0 Å². The van der Waals surface area contributed by atoms with E-state index in [1.165, 1.54) is 11.3 Å². The van der Waals surface area contributed by atoms with Crippen molar-refractivity contribution in [2.45, 2.75) is 26.8 Å². The van der Waals surface area contributed by atoms with E-state index in [0.29, 0.717) is 6.54 Å². The second kappa shape index (κ2) is 6.53. The van der Waals surface area contributed by atoms with Crippen LogP contribution in [0.4, 0.5) is 5.69 Å². The summed E-state index contributed by atoms with van der Waals surface area (Å²) in [5, 5.41) is 0. The Hall–Kier alpha value is -1.87. The van der Waals surface area contributed by atoms with Gasteiger partial charge < -0.3 is 10.6 Å². The van der Waals surface area contributed by atoms with Crippen LogP contribution in [0.2, 0.25) is 0 Å². The molecule has 0 aliphatic carbocycles. The Morgan fingerprint density at radius 1 is 1.15 bits per heavy atom. The largest absolute Gasteiger partial charge is 0.374 e. The lowest BCUT2D eigenvalue weighted by Crippen LogP contribution is -2.23. The molecule has 2 N–H and O–H groups in total. The van der Waals surface area contributed by atoms with Crippen LogP contribution < -0.4 is 10.6 Å². The average Bonchev–Trinajstić information content (AvgIpc) is 2.45. The van der Waals surface area contributed by atoms with E-state index in [9.17, 15) is 0 Å². The lowest BCUT2D eigenvalue weighted by atomic mass is 10.1. The number of hydrogen-bond acceptors (Lipinski definition) is 3. The smallest absolute Gasteiger partial charge is 0.0445 e. The Morgan fingerprint density at radius 2 is 1.85 bits per heavy atom. The highest BCUT2D eigenvalue weighted by Gasteiger charge is 2.11. The maximum Gasteiger partial charge on any atom is 0.0445 e. The van der Waals surface area contributed by atoms with E-state index in [2.05, 4.69) is 53.3 Å². The standard InChI is InChI=1S/C17H23N3/c1-13-11-17(16(12-18)14(2)19-13)20(3)10-9-15-7-5-4-6-8-15/h4-8,11H,9-10,12,18H2,1-3H3. The molecular weight excluding hydrogens is 246 g/mol. The van der Waals surface area contributed by atoms with Gasteiger partial charge in [-0.1, -0.05) is 30.3 Å². The molecule has 0 bridgehead atoms. The molecule has 2 rings (SSSR count). The van der Waals surface area contributed by atoms with Crippen LogP contribution in [0, 0.1) is 13.8 Å². The lowest BCUT2D eigenvalue weighted by Gasteiger charge is -2.23. The monoisotopic (exact) mass is 269 g/mol. The van der Waals surface area contributed by atoms with Crippen molar-refractivity contribution >= 4 is 5.69 Å². The Balaban J connectivity index is 2.14. The van der Waals surface area contributed by atoms with Crippen LogP contribution >= 0.6 is 0 Å². The third-order valence-corrected chi connectivity index (χ3v) is 3.63. The number of pyridine rings is 1. The number of aryl methyl sites for hydroxylation is 2. The van der Waals surface area contributed by atoms with E-state index < -0.39 is 0 Å². The minimum Gasteiger partial charge on any atom is -0.374 e. The number of anilines is 1. The third-order valence-electron chi connectivity index (χ3n) is 3.63. The van der Waals surface area contributed by atoms with Crippen molar-refractivity contribution in [3.8, 4) is 0 Å². The zero-order chi connectivity index (χ0) is 14.5. The van der Waals surface area contributed by atoms with Crippen molar-refractivity contribution in [1.82, 2.24) is 4.98 Å². The Morgan fingerprint density at radius 3 is 2.50 bits per heavy atom. The summed E-state index contributed by atoms with van der Waals surface area (Å²) < 4.78 is 0. The second-order valence-corrected chi connectivity index (χ2v) is 5.21. The van der Waals surface area contributed by atoms with Gasteiger partial charge in [0.15, 0.2) is 0 Å². The normalized spacial score (nSPS) is 10.6. The summed E-state index contributed by atoms with van der Waals surface area (Å²) in [6, 6.07) is 12.7. The van der Waals surface area contributed by atoms with Gasteiger partial charge in [0.05, 0.1) is 0 Å². The second-order valence-electron chi connectivity index (χ2n) is 5.21. The molecule has 0 spiro atoms. The first-order chi connectivity index (χ1) is 9.61. The van der Waals surface area contributed by atoms with Gasteiger partial charge in [-0.2, -0.15) is 0 Å². The highest BCUT2D eigenvalue weighted by atomic mass is 15.1. The van der Waals surface area contributed by atoms with Crippen molar-refractivity contribution in [2.24, 2.45) is 5.73 Å². The predicted octanol–water partition coefficient (Wildman–Crippen LogP) is 2.84. The summed E-state index contributed by atoms with van der Waals surface area (Å²) in [5.41, 5.74) is 11.7. The number of hydrogen-bond donors (Lipinski definition) is 1. The summed E-state index contributed by atoms with van der Waals surface area (Å²) in [7, 11) is 2.12. The fourth-order valence-electron chi connectivity index (χ4n) is 2.49. The van der Waals surface area contributed by atoms with Crippen LogP contribution in [0.1, 0.15) is 22.5 Å². The molecule has 3 heteroatoms. The van der Waals surface area contributed by atoms with Crippen LogP contribution in [0.5, 0.6) is 0 Å². The lowest BCUT2D eigenvalue weighted by molar-refractivity contribution is 0.855. The first kappa shape index (κ1) is 14.5. The van der Waals surface area contributed by atoms with Crippen LogP contribution in [-0.4, -0.2) is 18.6 Å². The number of nitrogens with two attached hydrogens (primary N) is 1. The van der Waals surface area contributed by atoms with Crippen LogP contribution in [0.3, 0.4) is 0 Å². The molecular formula is C17H23N3. The molecule has 0 fully saturated rings. The first-order valence-corrected chi connectivity index (χ1v) is 7.04. The van der Waals surface area contributed by atoms with Crippen LogP contribution in [0.15, 0.2) is 36.4 Å². The Bertz CT molecular complexity index is 564. The van der Waals surface area contributed by atoms with E-state index in [0.717, 1.165) is 29.9 Å². The van der Waals surface area contributed by atoms with Gasteiger partial charge in [0.25, 0.3) is 0 Å². The molecule has 0 unspecified atom stereocenters. The summed E-state index contributed by atoms with van der Waals surface area (Å²) in [5.74, 6) is 0. The van der Waals surface area contributed by atoms with Gasteiger partial charge in [-0.3, -0.25) is 4.98 Å². The van der Waals surface area contributed by atoms with Crippen LogP contribution in [-0.2, 0) is 13.0 Å². The molecule has 0 saturated heterocycles. The molecule has 20 heavy (non-hydrogen) atoms. The zero-order valence-corrected chi connectivity index (χ0v) is 12.6. The highest BCUT2D eigenvalue weighted by Crippen LogP contribution is 2.22. The number of likely N-dealkylation sites (N-methyl/N-ethyl adjacent to an activating group) is 1. The third kappa shape index (κ3) is 3.36. The van der Waals surface area contributed by atoms with Gasteiger partial charge >= 0.3 is 0 Å². The minimum absolute atomic E-state index is 0.532. The van der Waals surface area contributed by atoms with Crippen molar-refractivity contribution in [3.05, 3.63) is 58.9 Å². The predicted molar refractivity (Wildman–Crippen MR) is 85.0 cm³/mol. The van der Waals surface area contributed by atoms with Gasteiger partial charge in [0, 0.05) is 42.8 Å². The van der Waals surface area contributed by atoms with Gasteiger partial charge in [-0.05, 0) is 31.9 Å². The van der Waals surface area contributed by atoms with E-state index in [-0.39, 0.29) is 0 Å². The summed E-state index contributed by atoms with van der Waals surface area (Å²) >= 11 is 0. The molecule has 2 aromatic rings. The number of rotatable bonds is 5. The molecule has 1 aromatic heterocycles. The van der Waals surface area contributed by atoms with E-state index in [4.69, 9.17) is 5.73 Å². The molecule has 1 heterocycles. The Kier molecular flexibility index (Phi) is 4.74. The molecule has 0 aliphatic rings. The van der Waals surface area contributed by atoms with E-state index in [1.54, 1.807) is 0 Å². The maximum absolute atomic E-state index is 5.88. The number of benzene rings is 1. The molecule has 3 nitrogen and oxygen atoms in total. The quantitative estimate of drug-likeness (QED) is 0.907. The van der Waals surface area contributed by atoms with Crippen molar-refractivity contribution in [2.75, 3.05) is 18.5 Å². The summed E-state index contributed by atoms with van der Waals surface area (Å²) in [6.07, 6.45) is 1.03. The molecule has 0 saturated carbocycles. The number of nitrogens with zero attached hydrogens (tertiary/aromatic N) is 2. The van der Waals surface area contributed by atoms with E-state index in [1.807, 2.05) is 13.8 Å². The minimum atomic E-state index is 0.532. The fourth-order valence-corrected chi connectivity index (χ4v) is 2.49. The molecule has 106 valence electrons. The van der Waals surface area contributed by atoms with Crippen molar-refractivity contribution < 1.29 is 0 Å². The molecule has 1 aromatic carbocycles. The molecule has 0 atom stereocenters. The molecule has 0 radical (unpaired) electrons. The van der Waals surface area contributed by atoms with Gasteiger partial charge in [-0.25, -0.2) is 0 Å². The van der Waals surface area contributed by atoms with Gasteiger partial charge in [-0.15, -0.1) is 0 Å². The first-order valence-electron chi connectivity index (χ1n) is 7.04.